The molecule has 3 aromatic heterocycles. The lowest BCUT2D eigenvalue weighted by molar-refractivity contribution is 0.209. The van der Waals surface area contributed by atoms with Crippen molar-refractivity contribution in [2.45, 2.75) is 20.0 Å². The Morgan fingerprint density at radius 1 is 1.26 bits per heavy atom. The molecule has 1 N–H and O–H groups in total. The van der Waals surface area contributed by atoms with Crippen molar-refractivity contribution in [3.63, 3.8) is 0 Å². The van der Waals surface area contributed by atoms with Crippen molar-refractivity contribution in [2.24, 2.45) is 0 Å². The third-order valence-electron chi connectivity index (χ3n) is 4.14. The van der Waals surface area contributed by atoms with Gasteiger partial charge in [0.15, 0.2) is 0 Å². The molecule has 4 rings (SSSR count). The number of benzene rings is 1. The first-order chi connectivity index (χ1) is 13.1. The van der Waals surface area contributed by atoms with Gasteiger partial charge in [-0.15, -0.1) is 16.4 Å². The van der Waals surface area contributed by atoms with Crippen LogP contribution < -0.4 is 4.74 Å². The first-order valence-corrected chi connectivity index (χ1v) is 9.23. The smallest absolute Gasteiger partial charge is 0.141 e. The van der Waals surface area contributed by atoms with Crippen LogP contribution in [0, 0.1) is 0 Å². The number of hydrogen-bond acceptors (Lipinski definition) is 6. The van der Waals surface area contributed by atoms with E-state index in [1.165, 1.54) is 0 Å². The summed E-state index contributed by atoms with van der Waals surface area (Å²) in [6.07, 6.45) is 6.38. The van der Waals surface area contributed by atoms with Gasteiger partial charge in [0.05, 0.1) is 35.8 Å². The number of aliphatic hydroxyl groups excluding tert-OH is 1. The fourth-order valence-electron chi connectivity index (χ4n) is 2.86. The number of rotatable bonds is 5. The Morgan fingerprint density at radius 2 is 2.04 bits per heavy atom. The molecular formula is C19H19N5O2S. The molecule has 0 aliphatic rings. The lowest BCUT2D eigenvalue weighted by atomic mass is 10.1. The third kappa shape index (κ3) is 3.24. The molecule has 8 heteroatoms. The van der Waals surface area contributed by atoms with Gasteiger partial charge in [0.1, 0.15) is 28.7 Å². The van der Waals surface area contributed by atoms with Crippen molar-refractivity contribution < 1.29 is 9.84 Å². The number of allylic oxidation sites excluding steroid dienone is 1. The molecule has 138 valence electrons. The highest BCUT2D eigenvalue weighted by Gasteiger charge is 2.23. The molecule has 7 nitrogen and oxygen atoms in total. The van der Waals surface area contributed by atoms with Crippen LogP contribution in [0.4, 0.5) is 0 Å². The number of fused-ring (bicyclic) bond motifs is 1. The van der Waals surface area contributed by atoms with Crippen molar-refractivity contribution in [1.82, 2.24) is 24.4 Å². The minimum Gasteiger partial charge on any atom is -0.497 e. The fourth-order valence-corrected chi connectivity index (χ4v) is 4.05. The molecule has 0 aliphatic heterocycles. The van der Waals surface area contributed by atoms with Gasteiger partial charge >= 0.3 is 0 Å². The number of thiazole rings is 1. The second kappa shape index (κ2) is 6.98. The molecule has 0 amide bonds. The average Bonchev–Trinajstić information content (AvgIpc) is 3.36. The summed E-state index contributed by atoms with van der Waals surface area (Å²) in [5, 5.41) is 19.4. The number of imidazole rings is 1. The molecule has 0 fully saturated rings. The van der Waals surface area contributed by atoms with E-state index in [4.69, 9.17) is 4.74 Å². The molecule has 27 heavy (non-hydrogen) atoms. The van der Waals surface area contributed by atoms with Gasteiger partial charge < -0.3 is 9.84 Å². The minimum absolute atomic E-state index is 0.475. The average molecular weight is 381 g/mol. The van der Waals surface area contributed by atoms with Crippen LogP contribution in [0.2, 0.25) is 0 Å². The van der Waals surface area contributed by atoms with Crippen molar-refractivity contribution in [1.29, 1.82) is 0 Å². The quantitative estimate of drug-likeness (QED) is 0.573. The molecule has 1 unspecified atom stereocenters. The van der Waals surface area contributed by atoms with Gasteiger partial charge in [-0.1, -0.05) is 10.8 Å². The molecule has 1 aromatic carbocycles. The van der Waals surface area contributed by atoms with Crippen molar-refractivity contribution >= 4 is 22.2 Å². The topological polar surface area (TPSA) is 77.5 Å². The van der Waals surface area contributed by atoms with E-state index in [9.17, 15) is 5.11 Å². The lowest BCUT2D eigenvalue weighted by Crippen LogP contribution is -2.05. The Hall–Kier alpha value is -2.97. The zero-order chi connectivity index (χ0) is 19.0. The second-order valence-electron chi connectivity index (χ2n) is 6.36. The van der Waals surface area contributed by atoms with Gasteiger partial charge in [0.25, 0.3) is 0 Å². The van der Waals surface area contributed by atoms with Crippen molar-refractivity contribution in [3.8, 4) is 11.4 Å². The van der Waals surface area contributed by atoms with Crippen molar-refractivity contribution in [2.75, 3.05) is 7.11 Å². The fraction of sp³-hybridized carbons (Fsp3) is 0.211. The molecule has 1 atom stereocenters. The van der Waals surface area contributed by atoms with Gasteiger partial charge in [0, 0.05) is 0 Å². The second-order valence-corrected chi connectivity index (χ2v) is 7.43. The van der Waals surface area contributed by atoms with Crippen LogP contribution in [0.15, 0.2) is 48.6 Å². The van der Waals surface area contributed by atoms with Gasteiger partial charge in [-0.25, -0.2) is 9.67 Å². The van der Waals surface area contributed by atoms with Gasteiger partial charge in [-0.3, -0.25) is 4.40 Å². The van der Waals surface area contributed by atoms with Crippen LogP contribution in [-0.4, -0.2) is 36.6 Å². The van der Waals surface area contributed by atoms with E-state index in [1.807, 2.05) is 42.5 Å². The summed E-state index contributed by atoms with van der Waals surface area (Å²) < 4.78 is 8.71. The molecule has 0 radical (unpaired) electrons. The summed E-state index contributed by atoms with van der Waals surface area (Å²) in [5.74, 6) is 0.770. The Morgan fingerprint density at radius 3 is 2.74 bits per heavy atom. The molecule has 3 heterocycles. The van der Waals surface area contributed by atoms with Gasteiger partial charge in [-0.2, -0.15) is 0 Å². The normalized spacial score (nSPS) is 12.3. The summed E-state index contributed by atoms with van der Waals surface area (Å²) in [7, 11) is 1.63. The summed E-state index contributed by atoms with van der Waals surface area (Å²) in [4.78, 5) is 6.13. The maximum atomic E-state index is 11.0. The summed E-state index contributed by atoms with van der Waals surface area (Å²) >= 11 is 1.58. The maximum absolute atomic E-state index is 11.0. The zero-order valence-corrected chi connectivity index (χ0v) is 16.0. The first-order valence-electron chi connectivity index (χ1n) is 8.41. The van der Waals surface area contributed by atoms with Crippen LogP contribution >= 0.6 is 11.3 Å². The predicted octanol–water partition coefficient (Wildman–Crippen LogP) is 3.49. The highest BCUT2D eigenvalue weighted by molar-refractivity contribution is 7.18. The van der Waals surface area contributed by atoms with E-state index in [0.29, 0.717) is 5.69 Å². The molecule has 0 aliphatic carbocycles. The number of methoxy groups -OCH3 is 1. The Labute approximate surface area is 160 Å². The highest BCUT2D eigenvalue weighted by Crippen LogP contribution is 2.32. The summed E-state index contributed by atoms with van der Waals surface area (Å²) in [6.45, 7) is 4.06. The number of ether oxygens (including phenoxy) is 1. The van der Waals surface area contributed by atoms with E-state index in [2.05, 4.69) is 21.4 Å². The van der Waals surface area contributed by atoms with Crippen LogP contribution in [0.5, 0.6) is 5.75 Å². The molecule has 0 bridgehead atoms. The molecule has 0 saturated carbocycles. The van der Waals surface area contributed by atoms with E-state index < -0.39 is 6.10 Å². The Kier molecular flexibility index (Phi) is 4.51. The monoisotopic (exact) mass is 381 g/mol. The minimum atomic E-state index is -0.912. The van der Waals surface area contributed by atoms with Crippen LogP contribution in [0.25, 0.3) is 16.6 Å². The molecule has 0 spiro atoms. The summed E-state index contributed by atoms with van der Waals surface area (Å²) in [6, 6.07) is 7.48. The Bertz CT molecular complexity index is 1100. The predicted molar refractivity (Wildman–Crippen MR) is 104 cm³/mol. The van der Waals surface area contributed by atoms with E-state index in [0.717, 1.165) is 32.4 Å². The maximum Gasteiger partial charge on any atom is 0.141 e. The summed E-state index contributed by atoms with van der Waals surface area (Å²) in [5.41, 5.74) is 3.21. The van der Waals surface area contributed by atoms with E-state index >= 15 is 0 Å². The number of aliphatic hydroxyl groups is 1. The molecular weight excluding hydrogens is 362 g/mol. The van der Waals surface area contributed by atoms with Gasteiger partial charge in [-0.05, 0) is 44.2 Å². The number of hydrogen-bond donors (Lipinski definition) is 1. The van der Waals surface area contributed by atoms with Crippen LogP contribution in [0.1, 0.15) is 36.2 Å². The van der Waals surface area contributed by atoms with Gasteiger partial charge in [0.2, 0.25) is 0 Å². The highest BCUT2D eigenvalue weighted by atomic mass is 32.1. The largest absolute Gasteiger partial charge is 0.497 e. The first kappa shape index (κ1) is 17.4. The molecule has 0 saturated heterocycles. The zero-order valence-electron chi connectivity index (χ0n) is 15.2. The number of aromatic nitrogens is 5. The number of nitrogens with zero attached hydrogens (tertiary/aromatic N) is 5. The van der Waals surface area contributed by atoms with Crippen LogP contribution in [0.3, 0.4) is 0 Å². The van der Waals surface area contributed by atoms with Crippen molar-refractivity contribution in [3.05, 3.63) is 64.8 Å². The SMILES string of the molecule is COc1ccc(-n2cc(C(O)c3c(C=C(C)C)sc4cncn34)nn2)cc1. The van der Waals surface area contributed by atoms with Crippen LogP contribution in [-0.2, 0) is 0 Å². The lowest BCUT2D eigenvalue weighted by Gasteiger charge is -2.08. The molecule has 4 aromatic rings. The van der Waals surface area contributed by atoms with E-state index in [-0.39, 0.29) is 0 Å². The third-order valence-corrected chi connectivity index (χ3v) is 5.20. The standard InChI is InChI=1S/C19H19N5O2S/c1-12(2)8-16-18(23-11-20-9-17(23)27-16)19(25)15-10-24(22-21-15)13-4-6-14(26-3)7-5-13/h4-11,19,25H,1-3H3. The Balaban J connectivity index is 1.72. The van der Waals surface area contributed by atoms with E-state index in [1.54, 1.807) is 41.8 Å².